The van der Waals surface area contributed by atoms with Gasteiger partial charge in [0.15, 0.2) is 0 Å². The van der Waals surface area contributed by atoms with Gasteiger partial charge in [0.25, 0.3) is 0 Å². The number of anilines is 1. The lowest BCUT2D eigenvalue weighted by molar-refractivity contribution is 0.0869. The summed E-state index contributed by atoms with van der Waals surface area (Å²) in [5.41, 5.74) is 0. The molecule has 0 spiro atoms. The largest absolute Gasteiger partial charge is 0.474 e. The maximum atomic E-state index is 10.9. The molecule has 2 aliphatic rings. The minimum atomic E-state index is -0.886. The third kappa shape index (κ3) is 4.14. The molecule has 0 unspecified atom stereocenters. The van der Waals surface area contributed by atoms with Gasteiger partial charge in [0, 0.05) is 45.1 Å². The molecule has 1 aromatic heterocycles. The van der Waals surface area contributed by atoms with Gasteiger partial charge in [-0.3, -0.25) is 0 Å². The predicted octanol–water partition coefficient (Wildman–Crippen LogP) is 1.49. The van der Waals surface area contributed by atoms with Crippen LogP contribution in [0.3, 0.4) is 0 Å². The summed E-state index contributed by atoms with van der Waals surface area (Å²) >= 11 is 6.08. The number of morpholine rings is 1. The SMILES string of the molecule is O=C(O)N1CCC(Oc2cc(Cl)nc(N3CCOCC3)n2)CC1. The summed E-state index contributed by atoms with van der Waals surface area (Å²) in [7, 11) is 0. The van der Waals surface area contributed by atoms with E-state index in [9.17, 15) is 4.79 Å². The van der Waals surface area contributed by atoms with E-state index in [0.717, 1.165) is 13.1 Å². The Bertz CT molecular complexity index is 560. The van der Waals surface area contributed by atoms with E-state index in [4.69, 9.17) is 26.2 Å². The van der Waals surface area contributed by atoms with Crippen molar-refractivity contribution in [2.24, 2.45) is 0 Å². The normalized spacial score (nSPS) is 19.7. The first kappa shape index (κ1) is 16.1. The minimum Gasteiger partial charge on any atom is -0.474 e. The maximum absolute atomic E-state index is 10.9. The molecule has 1 amide bonds. The van der Waals surface area contributed by atoms with Gasteiger partial charge >= 0.3 is 6.09 Å². The first-order chi connectivity index (χ1) is 11.1. The van der Waals surface area contributed by atoms with E-state index in [0.29, 0.717) is 56.1 Å². The Morgan fingerprint density at radius 3 is 2.61 bits per heavy atom. The number of hydrogen-bond donors (Lipinski definition) is 1. The average molecular weight is 343 g/mol. The van der Waals surface area contributed by atoms with Gasteiger partial charge in [-0.05, 0) is 0 Å². The van der Waals surface area contributed by atoms with E-state index >= 15 is 0 Å². The van der Waals surface area contributed by atoms with Crippen molar-refractivity contribution in [2.75, 3.05) is 44.3 Å². The summed E-state index contributed by atoms with van der Waals surface area (Å²) in [5, 5.41) is 9.30. The number of likely N-dealkylation sites (tertiary alicyclic amines) is 1. The molecule has 3 rings (SSSR count). The van der Waals surface area contributed by atoms with Crippen molar-refractivity contribution >= 4 is 23.6 Å². The predicted molar refractivity (Wildman–Crippen MR) is 83.3 cm³/mol. The van der Waals surface area contributed by atoms with E-state index in [2.05, 4.69) is 9.97 Å². The number of ether oxygens (including phenoxy) is 2. The fourth-order valence-corrected chi connectivity index (χ4v) is 2.86. The van der Waals surface area contributed by atoms with E-state index in [-0.39, 0.29) is 6.10 Å². The monoisotopic (exact) mass is 342 g/mol. The minimum absolute atomic E-state index is 0.0610. The molecular weight excluding hydrogens is 324 g/mol. The molecule has 1 aromatic rings. The molecule has 2 aliphatic heterocycles. The second-order valence-electron chi connectivity index (χ2n) is 5.52. The molecule has 0 bridgehead atoms. The summed E-state index contributed by atoms with van der Waals surface area (Å²) in [6, 6.07) is 1.59. The smallest absolute Gasteiger partial charge is 0.407 e. The van der Waals surface area contributed by atoms with Gasteiger partial charge in [0.05, 0.1) is 13.2 Å². The van der Waals surface area contributed by atoms with Crippen molar-refractivity contribution in [3.05, 3.63) is 11.2 Å². The Balaban J connectivity index is 1.64. The van der Waals surface area contributed by atoms with Crippen LogP contribution in [0, 0.1) is 0 Å². The summed E-state index contributed by atoms with van der Waals surface area (Å²) < 4.78 is 11.2. The van der Waals surface area contributed by atoms with E-state index in [1.54, 1.807) is 6.07 Å². The van der Waals surface area contributed by atoms with Gasteiger partial charge in [-0.1, -0.05) is 11.6 Å². The van der Waals surface area contributed by atoms with Crippen molar-refractivity contribution in [2.45, 2.75) is 18.9 Å². The van der Waals surface area contributed by atoms with Crippen molar-refractivity contribution in [3.8, 4) is 5.88 Å². The van der Waals surface area contributed by atoms with Crippen LogP contribution in [0.25, 0.3) is 0 Å². The molecule has 0 aromatic carbocycles. The van der Waals surface area contributed by atoms with Crippen molar-refractivity contribution in [1.82, 2.24) is 14.9 Å². The van der Waals surface area contributed by atoms with Gasteiger partial charge in [0.1, 0.15) is 11.3 Å². The van der Waals surface area contributed by atoms with Crippen molar-refractivity contribution in [3.63, 3.8) is 0 Å². The summed E-state index contributed by atoms with van der Waals surface area (Å²) in [6.07, 6.45) is 0.332. The van der Waals surface area contributed by atoms with Crippen LogP contribution in [0.1, 0.15) is 12.8 Å². The highest BCUT2D eigenvalue weighted by atomic mass is 35.5. The quantitative estimate of drug-likeness (QED) is 0.832. The van der Waals surface area contributed by atoms with Gasteiger partial charge in [-0.15, -0.1) is 0 Å². The molecule has 9 heteroatoms. The molecule has 0 atom stereocenters. The van der Waals surface area contributed by atoms with Gasteiger partial charge in [-0.25, -0.2) is 9.78 Å². The van der Waals surface area contributed by atoms with Crippen molar-refractivity contribution < 1.29 is 19.4 Å². The molecule has 0 saturated carbocycles. The van der Waals surface area contributed by atoms with Crippen LogP contribution in [0.2, 0.25) is 5.15 Å². The lowest BCUT2D eigenvalue weighted by Gasteiger charge is -2.30. The Morgan fingerprint density at radius 1 is 1.26 bits per heavy atom. The topological polar surface area (TPSA) is 88.0 Å². The first-order valence-electron chi connectivity index (χ1n) is 7.63. The number of carboxylic acid groups (broad SMARTS) is 1. The van der Waals surface area contributed by atoms with E-state index < -0.39 is 6.09 Å². The van der Waals surface area contributed by atoms with Crippen LogP contribution < -0.4 is 9.64 Å². The molecule has 8 nitrogen and oxygen atoms in total. The molecule has 3 heterocycles. The summed E-state index contributed by atoms with van der Waals surface area (Å²) in [6.45, 7) is 3.65. The number of piperidine rings is 1. The number of carbonyl (C=O) groups is 1. The number of aromatic nitrogens is 2. The second kappa shape index (κ2) is 7.18. The van der Waals surface area contributed by atoms with Crippen LogP contribution in [0.15, 0.2) is 6.07 Å². The molecular formula is C14H19ClN4O4. The van der Waals surface area contributed by atoms with E-state index in [1.807, 2.05) is 4.90 Å². The number of nitrogens with zero attached hydrogens (tertiary/aromatic N) is 4. The van der Waals surface area contributed by atoms with Crippen LogP contribution in [-0.2, 0) is 4.74 Å². The lowest BCUT2D eigenvalue weighted by atomic mass is 10.1. The standard InChI is InChI=1S/C14H19ClN4O4/c15-11-9-12(17-13(16-11)18-5-7-22-8-6-18)23-10-1-3-19(4-2-10)14(20)21/h9-10H,1-8H2,(H,20,21). The number of halogens is 1. The third-order valence-electron chi connectivity index (χ3n) is 3.95. The number of amides is 1. The Morgan fingerprint density at radius 2 is 1.96 bits per heavy atom. The molecule has 2 fully saturated rings. The van der Waals surface area contributed by atoms with Crippen molar-refractivity contribution in [1.29, 1.82) is 0 Å². The zero-order valence-corrected chi connectivity index (χ0v) is 13.4. The van der Waals surface area contributed by atoms with Crippen LogP contribution in [0.4, 0.5) is 10.7 Å². The third-order valence-corrected chi connectivity index (χ3v) is 4.15. The van der Waals surface area contributed by atoms with Crippen LogP contribution >= 0.6 is 11.6 Å². The molecule has 2 saturated heterocycles. The highest BCUT2D eigenvalue weighted by Gasteiger charge is 2.24. The van der Waals surface area contributed by atoms with Gasteiger partial charge < -0.3 is 24.4 Å². The average Bonchev–Trinajstić information content (AvgIpc) is 2.55. The fourth-order valence-electron chi connectivity index (χ4n) is 2.69. The highest BCUT2D eigenvalue weighted by Crippen LogP contribution is 2.23. The van der Waals surface area contributed by atoms with E-state index in [1.165, 1.54) is 4.90 Å². The Kier molecular flexibility index (Phi) is 5.02. The molecule has 126 valence electrons. The van der Waals surface area contributed by atoms with Gasteiger partial charge in [0.2, 0.25) is 11.8 Å². The fraction of sp³-hybridized carbons (Fsp3) is 0.643. The summed E-state index contributed by atoms with van der Waals surface area (Å²) in [5.74, 6) is 0.971. The zero-order chi connectivity index (χ0) is 16.2. The molecule has 1 N–H and O–H groups in total. The Hall–Kier alpha value is -1.80. The number of hydrogen-bond acceptors (Lipinski definition) is 6. The summed E-state index contributed by atoms with van der Waals surface area (Å²) in [4.78, 5) is 23.0. The molecule has 0 radical (unpaired) electrons. The molecule has 23 heavy (non-hydrogen) atoms. The Labute approximate surface area is 139 Å². The maximum Gasteiger partial charge on any atom is 0.407 e. The number of rotatable bonds is 3. The first-order valence-corrected chi connectivity index (χ1v) is 8.01. The van der Waals surface area contributed by atoms with Crippen LogP contribution in [0.5, 0.6) is 5.88 Å². The molecule has 0 aliphatic carbocycles. The highest BCUT2D eigenvalue weighted by molar-refractivity contribution is 6.29. The second-order valence-corrected chi connectivity index (χ2v) is 5.90. The van der Waals surface area contributed by atoms with Crippen LogP contribution in [-0.4, -0.2) is 71.6 Å². The van der Waals surface area contributed by atoms with Gasteiger partial charge in [-0.2, -0.15) is 4.98 Å². The lowest BCUT2D eigenvalue weighted by Crippen LogP contribution is -2.41. The zero-order valence-electron chi connectivity index (χ0n) is 12.7.